The van der Waals surface area contributed by atoms with E-state index in [4.69, 9.17) is 0 Å². The van der Waals surface area contributed by atoms with Crippen molar-refractivity contribution >= 4 is 11.9 Å². The van der Waals surface area contributed by atoms with Gasteiger partial charge in [0.1, 0.15) is 5.54 Å². The molecule has 0 bridgehead atoms. The lowest BCUT2D eigenvalue weighted by atomic mass is 9.88. The van der Waals surface area contributed by atoms with Crippen molar-refractivity contribution in [3.05, 3.63) is 0 Å². The number of carbonyl (C=O) groups excluding carboxylic acids is 1. The summed E-state index contributed by atoms with van der Waals surface area (Å²) >= 11 is 0. The maximum atomic E-state index is 12.3. The Morgan fingerprint density at radius 1 is 1.16 bits per heavy atom. The third kappa shape index (κ3) is 3.08. The number of hydrogen-bond acceptors (Lipinski definition) is 3. The van der Waals surface area contributed by atoms with Crippen LogP contribution in [0.2, 0.25) is 0 Å². The fourth-order valence-electron chi connectivity index (χ4n) is 3.21. The molecule has 2 aliphatic rings. The zero-order valence-corrected chi connectivity index (χ0v) is 11.6. The van der Waals surface area contributed by atoms with E-state index >= 15 is 0 Å². The van der Waals surface area contributed by atoms with Gasteiger partial charge in [-0.1, -0.05) is 32.6 Å². The van der Waals surface area contributed by atoms with Crippen LogP contribution in [0.15, 0.2) is 0 Å². The molecule has 2 fully saturated rings. The first-order chi connectivity index (χ1) is 9.05. The third-order valence-electron chi connectivity index (χ3n) is 4.58. The third-order valence-corrected chi connectivity index (χ3v) is 4.58. The highest BCUT2D eigenvalue weighted by Gasteiger charge is 2.42. The lowest BCUT2D eigenvalue weighted by Crippen LogP contribution is -2.56. The maximum Gasteiger partial charge on any atom is 0.329 e. The molecule has 0 aromatic heterocycles. The molecule has 1 aliphatic carbocycles. The summed E-state index contributed by atoms with van der Waals surface area (Å²) in [4.78, 5) is 24.0. The summed E-state index contributed by atoms with van der Waals surface area (Å²) in [6.07, 6.45) is 5.00. The number of carboxylic acids is 1. The second-order valence-electron chi connectivity index (χ2n) is 6.03. The summed E-state index contributed by atoms with van der Waals surface area (Å²) in [5.74, 6) is -0.792. The fraction of sp³-hybridized carbons (Fsp3) is 0.857. The zero-order chi connectivity index (χ0) is 13.9. The Labute approximate surface area is 114 Å². The van der Waals surface area contributed by atoms with E-state index in [1.54, 1.807) is 0 Å². The van der Waals surface area contributed by atoms with Gasteiger partial charge in [0.2, 0.25) is 5.91 Å². The second-order valence-corrected chi connectivity index (χ2v) is 6.03. The molecule has 5 heteroatoms. The quantitative estimate of drug-likeness (QED) is 0.671. The molecule has 0 spiro atoms. The predicted octanol–water partition coefficient (Wildman–Crippen LogP) is 1.14. The van der Waals surface area contributed by atoms with Crippen LogP contribution in [0.1, 0.15) is 45.4 Å². The van der Waals surface area contributed by atoms with Crippen molar-refractivity contribution in [3.8, 4) is 0 Å². The van der Waals surface area contributed by atoms with E-state index in [1.807, 2.05) is 6.92 Å². The summed E-state index contributed by atoms with van der Waals surface area (Å²) < 4.78 is 0. The SMILES string of the molecule is C[C@@H]1CNC[C@H]1C(=O)NC1(C(=O)O)CCCCCC1. The molecule has 1 saturated carbocycles. The van der Waals surface area contributed by atoms with Crippen LogP contribution in [0.4, 0.5) is 0 Å². The van der Waals surface area contributed by atoms with Gasteiger partial charge in [-0.05, 0) is 25.3 Å². The largest absolute Gasteiger partial charge is 0.480 e. The van der Waals surface area contributed by atoms with Crippen LogP contribution in [0, 0.1) is 11.8 Å². The van der Waals surface area contributed by atoms with Crippen molar-refractivity contribution in [3.63, 3.8) is 0 Å². The van der Waals surface area contributed by atoms with Gasteiger partial charge in [0.05, 0.1) is 5.92 Å². The minimum Gasteiger partial charge on any atom is -0.480 e. The number of carbonyl (C=O) groups is 2. The van der Waals surface area contributed by atoms with Crippen molar-refractivity contribution < 1.29 is 14.7 Å². The molecule has 0 unspecified atom stereocenters. The van der Waals surface area contributed by atoms with E-state index < -0.39 is 11.5 Å². The molecule has 1 amide bonds. The molecule has 3 N–H and O–H groups in total. The van der Waals surface area contributed by atoms with Crippen LogP contribution >= 0.6 is 0 Å². The first-order valence-electron chi connectivity index (χ1n) is 7.31. The summed E-state index contributed by atoms with van der Waals surface area (Å²) in [5.41, 5.74) is -1.03. The Hall–Kier alpha value is -1.10. The number of aliphatic carboxylic acids is 1. The summed E-state index contributed by atoms with van der Waals surface area (Å²) in [5, 5.41) is 15.6. The van der Waals surface area contributed by atoms with Gasteiger partial charge in [0.15, 0.2) is 0 Å². The predicted molar refractivity (Wildman–Crippen MR) is 71.7 cm³/mol. The average Bonchev–Trinajstić information content (AvgIpc) is 2.64. The Bertz CT molecular complexity index is 349. The number of rotatable bonds is 3. The maximum absolute atomic E-state index is 12.3. The second kappa shape index (κ2) is 5.90. The molecule has 1 aliphatic heterocycles. The minimum absolute atomic E-state index is 0.0956. The lowest BCUT2D eigenvalue weighted by molar-refractivity contribution is -0.149. The first-order valence-corrected chi connectivity index (χ1v) is 7.31. The molecule has 0 aromatic carbocycles. The van der Waals surface area contributed by atoms with Crippen molar-refractivity contribution in [2.75, 3.05) is 13.1 Å². The molecule has 5 nitrogen and oxygen atoms in total. The Kier molecular flexibility index (Phi) is 4.45. The van der Waals surface area contributed by atoms with E-state index in [2.05, 4.69) is 10.6 Å². The highest BCUT2D eigenvalue weighted by Crippen LogP contribution is 2.28. The Morgan fingerprint density at radius 2 is 1.79 bits per heavy atom. The number of nitrogens with one attached hydrogen (secondary N) is 2. The molecular formula is C14H24N2O3. The van der Waals surface area contributed by atoms with Crippen LogP contribution in [0.5, 0.6) is 0 Å². The van der Waals surface area contributed by atoms with E-state index in [9.17, 15) is 14.7 Å². The van der Waals surface area contributed by atoms with Crippen molar-refractivity contribution in [1.29, 1.82) is 0 Å². The van der Waals surface area contributed by atoms with Gasteiger partial charge in [-0.15, -0.1) is 0 Å². The minimum atomic E-state index is -1.03. The topological polar surface area (TPSA) is 78.4 Å². The molecule has 0 radical (unpaired) electrons. The molecule has 0 aromatic rings. The normalized spacial score (nSPS) is 30.6. The molecular weight excluding hydrogens is 244 g/mol. The van der Waals surface area contributed by atoms with Gasteiger partial charge in [0.25, 0.3) is 0 Å². The zero-order valence-electron chi connectivity index (χ0n) is 11.6. The van der Waals surface area contributed by atoms with E-state index in [0.717, 1.165) is 32.2 Å². The van der Waals surface area contributed by atoms with Crippen LogP contribution in [0.25, 0.3) is 0 Å². The number of carboxylic acid groups (broad SMARTS) is 1. The van der Waals surface area contributed by atoms with Crippen molar-refractivity contribution in [2.24, 2.45) is 11.8 Å². The van der Waals surface area contributed by atoms with E-state index in [0.29, 0.717) is 19.4 Å². The summed E-state index contributed by atoms with van der Waals surface area (Å²) in [7, 11) is 0. The summed E-state index contributed by atoms with van der Waals surface area (Å²) in [6, 6.07) is 0. The Morgan fingerprint density at radius 3 is 2.26 bits per heavy atom. The van der Waals surface area contributed by atoms with E-state index in [1.165, 1.54) is 0 Å². The monoisotopic (exact) mass is 268 g/mol. The molecule has 1 saturated heterocycles. The molecule has 108 valence electrons. The van der Waals surface area contributed by atoms with Crippen molar-refractivity contribution in [2.45, 2.75) is 51.0 Å². The number of hydrogen-bond donors (Lipinski definition) is 3. The molecule has 1 heterocycles. The highest BCUT2D eigenvalue weighted by atomic mass is 16.4. The van der Waals surface area contributed by atoms with Crippen LogP contribution < -0.4 is 10.6 Å². The number of amides is 1. The Balaban J connectivity index is 2.07. The fourth-order valence-corrected chi connectivity index (χ4v) is 3.21. The molecule has 2 atom stereocenters. The van der Waals surface area contributed by atoms with Gasteiger partial charge in [-0.3, -0.25) is 4.79 Å². The van der Waals surface area contributed by atoms with Gasteiger partial charge in [-0.25, -0.2) is 4.79 Å². The smallest absolute Gasteiger partial charge is 0.329 e. The molecule has 2 rings (SSSR count). The van der Waals surface area contributed by atoms with Gasteiger partial charge in [0, 0.05) is 6.54 Å². The average molecular weight is 268 g/mol. The van der Waals surface area contributed by atoms with Gasteiger partial charge < -0.3 is 15.7 Å². The van der Waals surface area contributed by atoms with Crippen LogP contribution in [0.3, 0.4) is 0 Å². The lowest BCUT2D eigenvalue weighted by Gasteiger charge is -2.31. The summed E-state index contributed by atoms with van der Waals surface area (Å²) in [6.45, 7) is 3.52. The van der Waals surface area contributed by atoms with Gasteiger partial charge >= 0.3 is 5.97 Å². The van der Waals surface area contributed by atoms with Gasteiger partial charge in [-0.2, -0.15) is 0 Å². The van der Waals surface area contributed by atoms with Crippen LogP contribution in [-0.4, -0.2) is 35.6 Å². The first kappa shape index (κ1) is 14.3. The van der Waals surface area contributed by atoms with Crippen LogP contribution in [-0.2, 0) is 9.59 Å². The van der Waals surface area contributed by atoms with E-state index in [-0.39, 0.29) is 17.7 Å². The standard InChI is InChI=1S/C14H24N2O3/c1-10-8-15-9-11(10)12(17)16-14(13(18)19)6-4-2-3-5-7-14/h10-11,15H,2-9H2,1H3,(H,16,17)(H,18,19)/t10-,11-/m1/s1. The van der Waals surface area contributed by atoms with Crippen molar-refractivity contribution in [1.82, 2.24) is 10.6 Å². The highest BCUT2D eigenvalue weighted by molar-refractivity contribution is 5.88. The molecule has 19 heavy (non-hydrogen) atoms.